The van der Waals surface area contributed by atoms with Crippen LogP contribution >= 0.6 is 34.8 Å². The van der Waals surface area contributed by atoms with E-state index in [0.717, 1.165) is 66.9 Å². The Hall–Kier alpha value is -2.01. The van der Waals surface area contributed by atoms with Crippen molar-refractivity contribution in [3.05, 3.63) is 64.5 Å². The van der Waals surface area contributed by atoms with Crippen LogP contribution in [0.4, 0.5) is 5.82 Å². The third-order valence-corrected chi connectivity index (χ3v) is 8.62. The Labute approximate surface area is 276 Å². The SMILES string of the molecule is C.CS(=O)(=O)N1CCC(N)CC1.CS(=O)[O-].Clc1cc(Cl)n2cncc2c1.Clc1cc(NC2CCNCC2)n2cncc2c1. The molecule has 2 aliphatic heterocycles. The summed E-state index contributed by atoms with van der Waals surface area (Å²) in [6.07, 6.45) is 13.2. The third-order valence-electron chi connectivity index (χ3n) is 6.59. The Morgan fingerprint density at radius 2 is 1.45 bits per heavy atom. The smallest absolute Gasteiger partial charge is 0.211 e. The lowest BCUT2D eigenvalue weighted by atomic mass is 10.1. The van der Waals surface area contributed by atoms with Crippen molar-refractivity contribution in [3.8, 4) is 0 Å². The zero-order chi connectivity index (χ0) is 31.6. The molecule has 0 saturated carbocycles. The molecular weight excluding hydrogens is 671 g/mol. The van der Waals surface area contributed by atoms with Crippen LogP contribution in [-0.2, 0) is 21.1 Å². The molecule has 0 spiro atoms. The van der Waals surface area contributed by atoms with Crippen LogP contribution in [0.25, 0.3) is 11.0 Å². The van der Waals surface area contributed by atoms with E-state index in [1.54, 1.807) is 29.1 Å². The molecular formula is C27H40Cl3N8O4S2-. The molecule has 4 N–H and O–H groups in total. The first-order chi connectivity index (χ1) is 20.3. The first-order valence-electron chi connectivity index (χ1n) is 13.4. The maximum atomic E-state index is 11.0. The van der Waals surface area contributed by atoms with Gasteiger partial charge in [0.25, 0.3) is 0 Å². The highest BCUT2D eigenvalue weighted by molar-refractivity contribution is 7.88. The predicted octanol–water partition coefficient (Wildman–Crippen LogP) is 4.29. The number of imidazole rings is 2. The molecule has 246 valence electrons. The van der Waals surface area contributed by atoms with Gasteiger partial charge in [-0.3, -0.25) is 13.0 Å². The van der Waals surface area contributed by atoms with E-state index in [1.165, 1.54) is 10.6 Å². The molecule has 0 radical (unpaired) electrons. The quantitative estimate of drug-likeness (QED) is 0.208. The molecule has 6 rings (SSSR count). The number of hydrogen-bond donors (Lipinski definition) is 3. The van der Waals surface area contributed by atoms with Crippen LogP contribution in [0.5, 0.6) is 0 Å². The van der Waals surface area contributed by atoms with Gasteiger partial charge in [-0.2, -0.15) is 0 Å². The summed E-state index contributed by atoms with van der Waals surface area (Å²) < 4.78 is 45.2. The Morgan fingerprint density at radius 3 is 2.00 bits per heavy atom. The summed E-state index contributed by atoms with van der Waals surface area (Å²) in [6, 6.07) is 8.06. The van der Waals surface area contributed by atoms with Crippen LogP contribution in [0.1, 0.15) is 33.1 Å². The van der Waals surface area contributed by atoms with Crippen LogP contribution in [0.2, 0.25) is 15.2 Å². The molecule has 2 fully saturated rings. The molecule has 0 aliphatic carbocycles. The molecule has 12 nitrogen and oxygen atoms in total. The summed E-state index contributed by atoms with van der Waals surface area (Å²) in [5, 5.41) is 8.85. The molecule has 2 aliphatic rings. The van der Waals surface area contributed by atoms with Crippen LogP contribution in [0.3, 0.4) is 0 Å². The summed E-state index contributed by atoms with van der Waals surface area (Å²) in [7, 11) is -2.97. The average Bonchev–Trinajstić information content (AvgIpc) is 3.59. The van der Waals surface area contributed by atoms with E-state index in [2.05, 4.69) is 20.6 Å². The normalized spacial score (nSPS) is 16.8. The first kappa shape index (κ1) is 38.2. The van der Waals surface area contributed by atoms with Gasteiger partial charge in [-0.25, -0.2) is 22.7 Å². The molecule has 4 aromatic heterocycles. The Kier molecular flexibility index (Phi) is 15.8. The third kappa shape index (κ3) is 12.4. The zero-order valence-corrected chi connectivity index (χ0v) is 27.7. The number of nitrogens with two attached hydrogens (primary N) is 1. The second kappa shape index (κ2) is 18.2. The Bertz CT molecular complexity index is 1580. The van der Waals surface area contributed by atoms with Crippen molar-refractivity contribution in [3.63, 3.8) is 0 Å². The Morgan fingerprint density at radius 1 is 0.955 bits per heavy atom. The van der Waals surface area contributed by atoms with Crippen molar-refractivity contribution in [1.82, 2.24) is 28.4 Å². The van der Waals surface area contributed by atoms with Crippen molar-refractivity contribution in [2.24, 2.45) is 5.73 Å². The fourth-order valence-corrected chi connectivity index (χ4v) is 6.07. The van der Waals surface area contributed by atoms with Crippen LogP contribution in [0, 0.1) is 0 Å². The number of anilines is 1. The fraction of sp³-hybridized carbons (Fsp3) is 0.481. The van der Waals surface area contributed by atoms with E-state index in [-0.39, 0.29) is 13.5 Å². The zero-order valence-electron chi connectivity index (χ0n) is 23.8. The van der Waals surface area contributed by atoms with E-state index in [0.29, 0.717) is 29.3 Å². The molecule has 4 aromatic rings. The summed E-state index contributed by atoms with van der Waals surface area (Å²) in [5.74, 6) is 1.02. The standard InChI is InChI=1S/C12H15ClN4.C7H4Cl2N2.C6H14N2O2S.CH4O2S.CH4/c13-9-5-11-7-15-8-17(11)12(6-9)16-10-1-3-14-4-2-10;8-5-1-6-3-10-4-11(6)7(9)2-5;1-11(9,10)8-4-2-6(7)3-5-8;1-4(2)3;/h5-8,10,14,16H,1-4H2;1-4H;6H,2-5,7H2,1H3;1H3,(H,2,3);1H4/p-1. The van der Waals surface area contributed by atoms with Crippen LogP contribution in [-0.4, -0.2) is 91.0 Å². The minimum Gasteiger partial charge on any atom is -0.773 e. The number of piperidine rings is 2. The molecule has 2 saturated heterocycles. The number of pyridine rings is 2. The van der Waals surface area contributed by atoms with Crippen LogP contribution in [0.15, 0.2) is 49.3 Å². The second-order valence-corrected chi connectivity index (χ2v) is 14.0. The lowest BCUT2D eigenvalue weighted by molar-refractivity contribution is 0.322. The second-order valence-electron chi connectivity index (χ2n) is 10.0. The van der Waals surface area contributed by atoms with E-state index in [1.807, 2.05) is 29.1 Å². The highest BCUT2D eigenvalue weighted by Crippen LogP contribution is 2.22. The van der Waals surface area contributed by atoms with E-state index >= 15 is 0 Å². The van der Waals surface area contributed by atoms with E-state index in [4.69, 9.17) is 49.3 Å². The molecule has 1 atom stereocenters. The number of nitrogens with zero attached hydrogens (tertiary/aromatic N) is 5. The van der Waals surface area contributed by atoms with Gasteiger partial charge >= 0.3 is 0 Å². The molecule has 0 amide bonds. The Balaban J connectivity index is 0.000000221. The predicted molar refractivity (Wildman–Crippen MR) is 180 cm³/mol. The van der Waals surface area contributed by atoms with Gasteiger partial charge in [0, 0.05) is 35.2 Å². The largest absolute Gasteiger partial charge is 0.773 e. The molecule has 6 heterocycles. The van der Waals surface area contributed by atoms with Gasteiger partial charge in [0.2, 0.25) is 10.0 Å². The number of nitrogens with one attached hydrogen (secondary N) is 2. The molecule has 44 heavy (non-hydrogen) atoms. The highest BCUT2D eigenvalue weighted by Gasteiger charge is 2.22. The first-order valence-corrected chi connectivity index (χ1v) is 17.9. The van der Waals surface area contributed by atoms with Gasteiger partial charge in [0.1, 0.15) is 23.6 Å². The molecule has 0 bridgehead atoms. The molecule has 0 aromatic carbocycles. The van der Waals surface area contributed by atoms with Crippen LogP contribution < -0.4 is 16.4 Å². The molecule has 1 unspecified atom stereocenters. The number of aromatic nitrogens is 4. The van der Waals surface area contributed by atoms with E-state index in [9.17, 15) is 8.42 Å². The monoisotopic (exact) mass is 709 g/mol. The minimum atomic E-state index is -2.97. The maximum Gasteiger partial charge on any atom is 0.211 e. The highest BCUT2D eigenvalue weighted by atomic mass is 35.5. The van der Waals surface area contributed by atoms with Crippen molar-refractivity contribution in [2.45, 2.75) is 45.2 Å². The number of sulfonamides is 1. The van der Waals surface area contributed by atoms with Crippen molar-refractivity contribution < 1.29 is 17.2 Å². The lowest BCUT2D eigenvalue weighted by Gasteiger charge is -2.27. The minimum absolute atomic E-state index is 0. The maximum absolute atomic E-state index is 11.0. The summed E-state index contributed by atoms with van der Waals surface area (Å²) in [4.78, 5) is 8.07. The summed E-state index contributed by atoms with van der Waals surface area (Å²) in [5.41, 5.74) is 7.55. The van der Waals surface area contributed by atoms with Gasteiger partial charge < -0.3 is 20.9 Å². The average molecular weight is 711 g/mol. The lowest BCUT2D eigenvalue weighted by Crippen LogP contribution is -2.42. The number of rotatable bonds is 3. The molecule has 17 heteroatoms. The summed E-state index contributed by atoms with van der Waals surface area (Å²) >= 11 is 15.8. The van der Waals surface area contributed by atoms with Crippen molar-refractivity contribution in [1.29, 1.82) is 0 Å². The fourth-order valence-electron chi connectivity index (χ4n) is 4.45. The number of halogens is 3. The van der Waals surface area contributed by atoms with Gasteiger partial charge in [-0.1, -0.05) is 53.3 Å². The topological polar surface area (TPSA) is 162 Å². The number of fused-ring (bicyclic) bond motifs is 2. The van der Waals surface area contributed by atoms with E-state index < -0.39 is 21.1 Å². The van der Waals surface area contributed by atoms with Crippen molar-refractivity contribution in [2.75, 3.05) is 44.0 Å². The van der Waals surface area contributed by atoms with Gasteiger partial charge in [-0.15, -0.1) is 0 Å². The summed E-state index contributed by atoms with van der Waals surface area (Å²) in [6.45, 7) is 3.32. The van der Waals surface area contributed by atoms with Crippen molar-refractivity contribution >= 4 is 72.8 Å². The van der Waals surface area contributed by atoms with Gasteiger partial charge in [0.05, 0.1) is 29.7 Å². The van der Waals surface area contributed by atoms with Gasteiger partial charge in [0.15, 0.2) is 0 Å². The number of hydrogen-bond acceptors (Lipinski definition) is 9. The van der Waals surface area contributed by atoms with Gasteiger partial charge in [-0.05, 0) is 69.3 Å².